The summed E-state index contributed by atoms with van der Waals surface area (Å²) in [4.78, 5) is 4.62. The lowest BCUT2D eigenvalue weighted by Gasteiger charge is -2.49. The number of aliphatic hydroxyl groups excluding tert-OH is 1. The highest BCUT2D eigenvalue weighted by atomic mass is 16.6. The molecule has 1 aliphatic carbocycles. The first-order chi connectivity index (χ1) is 30.5. The van der Waals surface area contributed by atoms with Gasteiger partial charge in [-0.15, -0.1) is 0 Å². The van der Waals surface area contributed by atoms with E-state index in [1.54, 1.807) is 12.1 Å². The van der Waals surface area contributed by atoms with Gasteiger partial charge < -0.3 is 44.7 Å². The predicted molar refractivity (Wildman–Crippen MR) is 241 cm³/mol. The molecule has 6 unspecified atom stereocenters. The fourth-order valence-electron chi connectivity index (χ4n) is 10.5. The molecule has 4 aromatic rings. The standard InChI is InChI=1S/C51H60N4O8/c1-30(2)24-50(3,59)27-53-28-55-45-7-5-6-18-60-44-22-33(9-15-43(44)58)49-51(45,61-29-52-4)25-41-40-21-34(20-31-8-14-42-32(19-31)16-17-54-42)39-23-35(57)10-12-37(39)46(40)48-38(47(41)63-49)13-11-36(26-56)62-48/h8-10,12,14-16,19,22-23,30,34,36,45,49,52-53,55-59H,6,11,13,17-18,20-21,24-29H2,1-4H3. The van der Waals surface area contributed by atoms with Gasteiger partial charge in [0.2, 0.25) is 0 Å². The minimum atomic E-state index is -1.15. The van der Waals surface area contributed by atoms with E-state index < -0.39 is 23.3 Å². The van der Waals surface area contributed by atoms with Gasteiger partial charge >= 0.3 is 0 Å². The van der Waals surface area contributed by atoms with Gasteiger partial charge in [0.15, 0.2) is 17.6 Å². The summed E-state index contributed by atoms with van der Waals surface area (Å²) < 4.78 is 27.6. The average molecular weight is 857 g/mol. The number of phenols is 2. The van der Waals surface area contributed by atoms with Crippen LogP contribution in [0.4, 0.5) is 0 Å². The van der Waals surface area contributed by atoms with Crippen LogP contribution in [-0.4, -0.2) is 90.5 Å². The number of hydrogen-bond acceptors (Lipinski definition) is 12. The van der Waals surface area contributed by atoms with Gasteiger partial charge in [0.05, 0.1) is 37.4 Å². The second kappa shape index (κ2) is 17.8. The Morgan fingerprint density at radius 3 is 2.73 bits per heavy atom. The lowest BCUT2D eigenvalue weighted by Crippen LogP contribution is -2.62. The molecular formula is C51H60N4O8. The summed E-state index contributed by atoms with van der Waals surface area (Å²) in [5.41, 5.74) is 5.89. The van der Waals surface area contributed by atoms with Crippen LogP contribution in [0.1, 0.15) is 85.4 Å². The minimum Gasteiger partial charge on any atom is -0.508 e. The zero-order chi connectivity index (χ0) is 43.9. The van der Waals surface area contributed by atoms with E-state index in [1.807, 2.05) is 38.2 Å². The van der Waals surface area contributed by atoms with E-state index in [0.717, 1.165) is 61.7 Å². The van der Waals surface area contributed by atoms with Gasteiger partial charge in [-0.1, -0.05) is 50.0 Å². The van der Waals surface area contributed by atoms with Crippen molar-refractivity contribution in [1.29, 1.82) is 0 Å². The van der Waals surface area contributed by atoms with Gasteiger partial charge in [0.25, 0.3) is 0 Å². The van der Waals surface area contributed by atoms with Crippen LogP contribution < -0.4 is 40.7 Å². The second-order valence-corrected chi connectivity index (χ2v) is 18.5. The van der Waals surface area contributed by atoms with Gasteiger partial charge in [-0.2, -0.15) is 0 Å². The molecular weight excluding hydrogens is 797 g/mol. The Balaban J connectivity index is 1.22. The highest BCUT2D eigenvalue weighted by molar-refractivity contribution is 5.85. The number of nitrogens with one attached hydrogen (secondary N) is 3. The van der Waals surface area contributed by atoms with Crippen molar-refractivity contribution in [2.24, 2.45) is 10.9 Å². The van der Waals surface area contributed by atoms with Crippen LogP contribution in [0.15, 0.2) is 59.6 Å². The number of hydrogen-bond donors (Lipinski definition) is 7. The lowest BCUT2D eigenvalue weighted by atomic mass is 9.69. The van der Waals surface area contributed by atoms with Crippen LogP contribution in [0.3, 0.4) is 0 Å². The van der Waals surface area contributed by atoms with Gasteiger partial charge in [0.1, 0.15) is 35.0 Å². The molecule has 4 aliphatic heterocycles. The van der Waals surface area contributed by atoms with Crippen LogP contribution in [0, 0.1) is 17.8 Å². The van der Waals surface area contributed by atoms with E-state index in [2.05, 4.69) is 70.9 Å². The summed E-state index contributed by atoms with van der Waals surface area (Å²) in [7, 11) is 1.85. The first-order valence-electron chi connectivity index (χ1n) is 22.5. The molecule has 0 fully saturated rings. The van der Waals surface area contributed by atoms with Crippen LogP contribution in [-0.2, 0) is 30.4 Å². The van der Waals surface area contributed by atoms with Crippen LogP contribution >= 0.6 is 0 Å². The molecule has 4 aromatic carbocycles. The molecule has 12 heteroatoms. The maximum Gasteiger partial charge on any atom is 0.161 e. The maximum atomic E-state index is 11.2. The van der Waals surface area contributed by atoms with Crippen LogP contribution in [0.25, 0.3) is 17.2 Å². The zero-order valence-electron chi connectivity index (χ0n) is 36.7. The summed E-state index contributed by atoms with van der Waals surface area (Å²) in [6.07, 6.45) is 5.07. The molecule has 6 atom stereocenters. The second-order valence-electron chi connectivity index (χ2n) is 18.5. The normalized spacial score (nSPS) is 23.7. The van der Waals surface area contributed by atoms with Crippen LogP contribution in [0.2, 0.25) is 0 Å². The van der Waals surface area contributed by atoms with E-state index >= 15 is 0 Å². The molecule has 4 heterocycles. The third-order valence-corrected chi connectivity index (χ3v) is 13.2. The fraction of sp³-hybridized carbons (Fsp3) is 0.471. The van der Waals surface area contributed by atoms with E-state index in [9.17, 15) is 20.4 Å². The third-order valence-electron chi connectivity index (χ3n) is 13.2. The van der Waals surface area contributed by atoms with E-state index in [-0.39, 0.29) is 43.5 Å². The van der Waals surface area contributed by atoms with Crippen molar-refractivity contribution in [2.75, 3.05) is 46.8 Å². The van der Waals surface area contributed by atoms with Crippen molar-refractivity contribution < 1.29 is 39.4 Å². The highest BCUT2D eigenvalue weighted by Crippen LogP contribution is 2.58. The molecule has 5 aliphatic rings. The van der Waals surface area contributed by atoms with Crippen LogP contribution in [0.5, 0.6) is 28.7 Å². The predicted octanol–water partition coefficient (Wildman–Crippen LogP) is 4.44. The molecule has 0 saturated heterocycles. The fourth-order valence-corrected chi connectivity index (χ4v) is 10.5. The number of ether oxygens (including phenoxy) is 4. The number of nitrogens with zero attached hydrogens (tertiary/aromatic N) is 1. The Morgan fingerprint density at radius 2 is 1.90 bits per heavy atom. The molecule has 63 heavy (non-hydrogen) atoms. The molecule has 0 amide bonds. The van der Waals surface area contributed by atoms with Crippen molar-refractivity contribution in [3.8, 4) is 51.7 Å². The maximum absolute atomic E-state index is 11.2. The van der Waals surface area contributed by atoms with E-state index in [4.69, 9.17) is 18.9 Å². The minimum absolute atomic E-state index is 0.0109. The van der Waals surface area contributed by atoms with Crippen molar-refractivity contribution in [3.63, 3.8) is 0 Å². The Hall–Kier alpha value is -5.13. The Kier molecular flexibility index (Phi) is 12.2. The van der Waals surface area contributed by atoms with Crippen molar-refractivity contribution in [1.82, 2.24) is 16.0 Å². The molecule has 332 valence electrons. The SMILES string of the molecule is CNCOC12Cc3c4c(c5c(c3OC1c1ccc(O)c(c1)OCCC#CC2NCNCC(C)(O)CC(C)C)CCC(CO)O5)-c1ccc(O)cc1C(Cc1ccc2c(c1)=CCN=2)C4. The third kappa shape index (κ3) is 8.51. The molecule has 2 bridgehead atoms. The number of aliphatic hydroxyl groups is 2. The number of aromatic hydroxyl groups is 2. The summed E-state index contributed by atoms with van der Waals surface area (Å²) in [5, 5.41) is 56.2. The summed E-state index contributed by atoms with van der Waals surface area (Å²) >= 11 is 0. The summed E-state index contributed by atoms with van der Waals surface area (Å²) in [6.45, 7) is 7.81. The topological polar surface area (TPSA) is 166 Å². The highest BCUT2D eigenvalue weighted by Gasteiger charge is 2.54. The zero-order valence-corrected chi connectivity index (χ0v) is 36.7. The van der Waals surface area contributed by atoms with Gasteiger partial charge in [-0.3, -0.25) is 15.6 Å². The molecule has 7 N–H and O–H groups in total. The van der Waals surface area contributed by atoms with Gasteiger partial charge in [0, 0.05) is 42.7 Å². The molecule has 0 aromatic heterocycles. The summed E-state index contributed by atoms with van der Waals surface area (Å²) in [5.74, 6) is 9.26. The lowest BCUT2D eigenvalue weighted by molar-refractivity contribution is -0.141. The first-order valence-corrected chi connectivity index (χ1v) is 22.5. The van der Waals surface area contributed by atoms with E-state index in [0.29, 0.717) is 75.7 Å². The molecule has 9 rings (SSSR count). The quantitative estimate of drug-likeness (QED) is 0.0578. The Labute approximate surface area is 369 Å². The largest absolute Gasteiger partial charge is 0.508 e. The number of rotatable bonds is 13. The first kappa shape index (κ1) is 43.1. The van der Waals surface area contributed by atoms with Gasteiger partial charge in [-0.05, 0) is 127 Å². The average Bonchev–Trinajstić information content (AvgIpc) is 3.73. The smallest absolute Gasteiger partial charge is 0.161 e. The molecule has 0 radical (unpaired) electrons. The van der Waals surface area contributed by atoms with Crippen molar-refractivity contribution >= 4 is 6.08 Å². The number of phenolic OH excluding ortho intramolecular Hbond substituents is 2. The van der Waals surface area contributed by atoms with Gasteiger partial charge in [-0.25, -0.2) is 0 Å². The Morgan fingerprint density at radius 1 is 1.03 bits per heavy atom. The van der Waals surface area contributed by atoms with Crippen molar-refractivity contribution in [2.45, 2.75) is 101 Å². The van der Waals surface area contributed by atoms with E-state index in [1.165, 1.54) is 5.56 Å². The Bertz CT molecular complexity index is 2560. The number of benzene rings is 4. The molecule has 0 spiro atoms. The number of fused-ring (bicyclic) bond motifs is 13. The summed E-state index contributed by atoms with van der Waals surface area (Å²) in [6, 6.07) is 16.9. The molecule has 0 saturated carbocycles. The molecule has 12 nitrogen and oxygen atoms in total. The monoisotopic (exact) mass is 856 g/mol. The van der Waals surface area contributed by atoms with Crippen molar-refractivity contribution in [3.05, 3.63) is 98.6 Å².